The zero-order valence-corrected chi connectivity index (χ0v) is 11.4. The Morgan fingerprint density at radius 3 is 2.67 bits per heavy atom. The second-order valence-corrected chi connectivity index (χ2v) is 5.76. The number of nitro groups is 1. The highest BCUT2D eigenvalue weighted by molar-refractivity contribution is 7.89. The van der Waals surface area contributed by atoms with Crippen molar-refractivity contribution in [1.82, 2.24) is 9.71 Å². The number of halogens is 1. The summed E-state index contributed by atoms with van der Waals surface area (Å²) in [6.07, 6.45) is 2.97. The minimum atomic E-state index is -4.22. The van der Waals surface area contributed by atoms with E-state index in [0.717, 1.165) is 18.2 Å². The molecule has 1 aromatic carbocycles. The van der Waals surface area contributed by atoms with E-state index in [2.05, 4.69) is 9.71 Å². The van der Waals surface area contributed by atoms with Crippen molar-refractivity contribution in [3.05, 3.63) is 64.2 Å². The standard InChI is InChI=1S/C12H10FN3O4S/c13-10-4-1-5-11(12(10)16(17)18)21(19,20)15-8-9-3-2-6-14-7-9/h1-7,15H,8H2. The molecule has 0 unspecified atom stereocenters. The van der Waals surface area contributed by atoms with E-state index in [1.54, 1.807) is 12.1 Å². The van der Waals surface area contributed by atoms with Crippen LogP contribution in [0.3, 0.4) is 0 Å². The molecule has 110 valence electrons. The molecule has 1 heterocycles. The average Bonchev–Trinajstić information content (AvgIpc) is 2.46. The van der Waals surface area contributed by atoms with Gasteiger partial charge in [0.25, 0.3) is 0 Å². The predicted molar refractivity (Wildman–Crippen MR) is 71.3 cm³/mol. The third-order valence-electron chi connectivity index (χ3n) is 2.61. The van der Waals surface area contributed by atoms with Crippen molar-refractivity contribution in [3.8, 4) is 0 Å². The van der Waals surface area contributed by atoms with Crippen molar-refractivity contribution in [2.75, 3.05) is 0 Å². The van der Waals surface area contributed by atoms with Gasteiger partial charge in [-0.1, -0.05) is 12.1 Å². The molecule has 0 aliphatic heterocycles. The van der Waals surface area contributed by atoms with E-state index >= 15 is 0 Å². The van der Waals surface area contributed by atoms with Crippen LogP contribution in [0.2, 0.25) is 0 Å². The average molecular weight is 311 g/mol. The zero-order chi connectivity index (χ0) is 15.5. The molecule has 2 aromatic rings. The highest BCUT2D eigenvalue weighted by atomic mass is 32.2. The van der Waals surface area contributed by atoms with Gasteiger partial charge in [-0.3, -0.25) is 15.1 Å². The molecule has 9 heteroatoms. The Hall–Kier alpha value is -2.39. The second-order valence-electron chi connectivity index (χ2n) is 4.03. The molecule has 0 aliphatic rings. The molecule has 0 fully saturated rings. The van der Waals surface area contributed by atoms with Crippen LogP contribution in [0, 0.1) is 15.9 Å². The number of para-hydroxylation sites is 1. The lowest BCUT2D eigenvalue weighted by molar-refractivity contribution is -0.390. The number of nitrogens with zero attached hydrogens (tertiary/aromatic N) is 2. The first-order valence-electron chi connectivity index (χ1n) is 5.73. The summed E-state index contributed by atoms with van der Waals surface area (Å²) in [5.74, 6) is -1.20. The lowest BCUT2D eigenvalue weighted by Crippen LogP contribution is -2.24. The highest BCUT2D eigenvalue weighted by Gasteiger charge is 2.29. The first-order chi connectivity index (χ1) is 9.92. The minimum Gasteiger partial charge on any atom is -0.264 e. The zero-order valence-electron chi connectivity index (χ0n) is 10.6. The van der Waals surface area contributed by atoms with Crippen LogP contribution < -0.4 is 4.72 Å². The van der Waals surface area contributed by atoms with Crippen LogP contribution in [0.4, 0.5) is 10.1 Å². The van der Waals surface area contributed by atoms with Gasteiger partial charge in [-0.2, -0.15) is 4.39 Å². The van der Waals surface area contributed by atoms with Crippen molar-refractivity contribution in [2.24, 2.45) is 0 Å². The minimum absolute atomic E-state index is 0.107. The number of nitrogens with one attached hydrogen (secondary N) is 1. The monoisotopic (exact) mass is 311 g/mol. The van der Waals surface area contributed by atoms with Gasteiger partial charge in [0, 0.05) is 18.9 Å². The Kier molecular flexibility index (Phi) is 4.24. The summed E-state index contributed by atoms with van der Waals surface area (Å²) in [4.78, 5) is 12.9. The second kappa shape index (κ2) is 5.94. The van der Waals surface area contributed by atoms with Crippen molar-refractivity contribution in [1.29, 1.82) is 0 Å². The van der Waals surface area contributed by atoms with Crippen LogP contribution in [0.15, 0.2) is 47.6 Å². The molecule has 2 rings (SSSR count). The summed E-state index contributed by atoms with van der Waals surface area (Å²) in [6, 6.07) is 6.16. The number of benzene rings is 1. The SMILES string of the molecule is O=[N+]([O-])c1c(F)cccc1S(=O)(=O)NCc1cccnc1. The lowest BCUT2D eigenvalue weighted by atomic mass is 10.3. The van der Waals surface area contributed by atoms with Crippen molar-refractivity contribution < 1.29 is 17.7 Å². The van der Waals surface area contributed by atoms with E-state index in [9.17, 15) is 22.9 Å². The molecular weight excluding hydrogens is 301 g/mol. The maximum absolute atomic E-state index is 13.5. The molecule has 1 aromatic heterocycles. The summed E-state index contributed by atoms with van der Waals surface area (Å²) in [5.41, 5.74) is -0.503. The van der Waals surface area contributed by atoms with E-state index < -0.39 is 31.3 Å². The number of aromatic nitrogens is 1. The lowest BCUT2D eigenvalue weighted by Gasteiger charge is -2.07. The summed E-state index contributed by atoms with van der Waals surface area (Å²) >= 11 is 0. The van der Waals surface area contributed by atoms with Crippen LogP contribution >= 0.6 is 0 Å². The van der Waals surface area contributed by atoms with Crippen LogP contribution in [-0.2, 0) is 16.6 Å². The van der Waals surface area contributed by atoms with E-state index in [-0.39, 0.29) is 6.54 Å². The number of sulfonamides is 1. The molecule has 0 saturated heterocycles. The van der Waals surface area contributed by atoms with Gasteiger partial charge < -0.3 is 0 Å². The first-order valence-corrected chi connectivity index (χ1v) is 7.21. The van der Waals surface area contributed by atoms with Gasteiger partial charge in [0.2, 0.25) is 15.8 Å². The van der Waals surface area contributed by atoms with Gasteiger partial charge in [0.05, 0.1) is 4.92 Å². The quantitative estimate of drug-likeness (QED) is 0.667. The molecule has 0 bridgehead atoms. The summed E-state index contributed by atoms with van der Waals surface area (Å²) in [7, 11) is -4.22. The Balaban J connectivity index is 2.32. The maximum atomic E-state index is 13.5. The summed E-state index contributed by atoms with van der Waals surface area (Å²) < 4.78 is 39.8. The first kappa shape index (κ1) is 15.0. The molecule has 21 heavy (non-hydrogen) atoms. The largest absolute Gasteiger partial charge is 0.324 e. The van der Waals surface area contributed by atoms with Crippen LogP contribution in [0.25, 0.3) is 0 Å². The summed E-state index contributed by atoms with van der Waals surface area (Å²) in [6.45, 7) is -0.107. The highest BCUT2D eigenvalue weighted by Crippen LogP contribution is 2.26. The molecule has 0 saturated carbocycles. The van der Waals surface area contributed by atoms with E-state index in [1.165, 1.54) is 12.4 Å². The number of nitro benzene ring substituents is 1. The predicted octanol–water partition coefficient (Wildman–Crippen LogP) is 1.61. The van der Waals surface area contributed by atoms with E-state index in [4.69, 9.17) is 0 Å². The van der Waals surface area contributed by atoms with Gasteiger partial charge in [0.15, 0.2) is 4.90 Å². The van der Waals surface area contributed by atoms with Crippen LogP contribution in [0.1, 0.15) is 5.56 Å². The molecule has 0 aliphatic carbocycles. The Bertz CT molecular complexity index is 765. The van der Waals surface area contributed by atoms with Crippen molar-refractivity contribution in [2.45, 2.75) is 11.4 Å². The van der Waals surface area contributed by atoms with Crippen molar-refractivity contribution in [3.63, 3.8) is 0 Å². The van der Waals surface area contributed by atoms with Gasteiger partial charge in [-0.05, 0) is 23.8 Å². The Morgan fingerprint density at radius 1 is 1.29 bits per heavy atom. The molecular formula is C12H10FN3O4S. The molecule has 7 nitrogen and oxygen atoms in total. The molecule has 1 N–H and O–H groups in total. The van der Waals surface area contributed by atoms with Crippen molar-refractivity contribution >= 4 is 15.7 Å². The van der Waals surface area contributed by atoms with Gasteiger partial charge in [-0.25, -0.2) is 13.1 Å². The number of hydrogen-bond donors (Lipinski definition) is 1. The number of rotatable bonds is 5. The number of pyridine rings is 1. The molecule has 0 atom stereocenters. The van der Waals surface area contributed by atoms with Gasteiger partial charge >= 0.3 is 5.69 Å². The Labute approximate surface area is 119 Å². The fourth-order valence-corrected chi connectivity index (χ4v) is 2.84. The normalized spacial score (nSPS) is 11.3. The smallest absolute Gasteiger partial charge is 0.264 e. The third-order valence-corrected chi connectivity index (χ3v) is 4.04. The molecule has 0 amide bonds. The van der Waals surface area contributed by atoms with Gasteiger partial charge in [-0.15, -0.1) is 0 Å². The number of hydrogen-bond acceptors (Lipinski definition) is 5. The van der Waals surface area contributed by atoms with E-state index in [1.807, 2.05) is 0 Å². The van der Waals surface area contributed by atoms with E-state index in [0.29, 0.717) is 5.56 Å². The fourth-order valence-electron chi connectivity index (χ4n) is 1.65. The maximum Gasteiger partial charge on any atom is 0.324 e. The molecule has 0 spiro atoms. The topological polar surface area (TPSA) is 102 Å². The Morgan fingerprint density at radius 2 is 2.05 bits per heavy atom. The van der Waals surface area contributed by atoms with Gasteiger partial charge in [0.1, 0.15) is 0 Å². The summed E-state index contributed by atoms with van der Waals surface area (Å²) in [5, 5.41) is 10.8. The molecule has 0 radical (unpaired) electrons. The van der Waals surface area contributed by atoms with Crippen LogP contribution in [-0.4, -0.2) is 18.3 Å². The fraction of sp³-hybridized carbons (Fsp3) is 0.0833. The third kappa shape index (κ3) is 3.38. The van der Waals surface area contributed by atoms with Crippen LogP contribution in [0.5, 0.6) is 0 Å².